The number of fused-ring (bicyclic) bond motifs is 1. The molecule has 0 saturated heterocycles. The smallest absolute Gasteiger partial charge is 0.122 e. The average Bonchev–Trinajstić information content (AvgIpc) is 2.48. The molecule has 2 aliphatic rings. The minimum Gasteiger partial charge on any atom is -0.493 e. The van der Waals surface area contributed by atoms with Gasteiger partial charge in [0.2, 0.25) is 0 Å². The molecule has 3 rings (SSSR count). The summed E-state index contributed by atoms with van der Waals surface area (Å²) >= 11 is 0. The Morgan fingerprint density at radius 3 is 2.74 bits per heavy atom. The normalized spacial score (nSPS) is 25.4. The highest BCUT2D eigenvalue weighted by atomic mass is 16.5. The van der Waals surface area contributed by atoms with E-state index < -0.39 is 0 Å². The van der Waals surface area contributed by atoms with E-state index in [-0.39, 0.29) is 6.10 Å². The van der Waals surface area contributed by atoms with Crippen molar-refractivity contribution in [2.75, 3.05) is 6.61 Å². The van der Waals surface area contributed by atoms with Crippen molar-refractivity contribution in [1.82, 2.24) is 0 Å². The minimum atomic E-state index is -0.128. The van der Waals surface area contributed by atoms with Crippen molar-refractivity contribution in [2.24, 2.45) is 5.92 Å². The molecule has 2 nitrogen and oxygen atoms in total. The molecule has 0 amide bonds. The Morgan fingerprint density at radius 1 is 1.11 bits per heavy atom. The first-order valence-corrected chi connectivity index (χ1v) is 7.74. The summed E-state index contributed by atoms with van der Waals surface area (Å²) in [5.74, 6) is 2.03. The number of para-hydroxylation sites is 1. The first kappa shape index (κ1) is 13.0. The van der Waals surface area contributed by atoms with Gasteiger partial charge < -0.3 is 9.84 Å². The van der Waals surface area contributed by atoms with Gasteiger partial charge in [0.15, 0.2) is 0 Å². The van der Waals surface area contributed by atoms with Crippen molar-refractivity contribution in [1.29, 1.82) is 0 Å². The van der Waals surface area contributed by atoms with Crippen LogP contribution in [-0.4, -0.2) is 17.8 Å². The third kappa shape index (κ3) is 2.94. The molecule has 1 aromatic carbocycles. The second kappa shape index (κ2) is 5.96. The van der Waals surface area contributed by atoms with Gasteiger partial charge in [-0.3, -0.25) is 0 Å². The molecule has 2 heteroatoms. The van der Waals surface area contributed by atoms with Crippen molar-refractivity contribution in [3.63, 3.8) is 0 Å². The molecule has 2 unspecified atom stereocenters. The molecule has 0 bridgehead atoms. The first-order chi connectivity index (χ1) is 9.34. The Kier molecular flexibility index (Phi) is 4.07. The summed E-state index contributed by atoms with van der Waals surface area (Å²) in [4.78, 5) is 0. The molecule has 19 heavy (non-hydrogen) atoms. The summed E-state index contributed by atoms with van der Waals surface area (Å²) in [6.45, 7) is 0.791. The van der Waals surface area contributed by atoms with E-state index in [0.717, 1.165) is 25.2 Å². The van der Waals surface area contributed by atoms with Crippen LogP contribution in [0.5, 0.6) is 5.75 Å². The molecule has 0 radical (unpaired) electrons. The van der Waals surface area contributed by atoms with E-state index in [2.05, 4.69) is 18.2 Å². The van der Waals surface area contributed by atoms with Crippen molar-refractivity contribution >= 4 is 0 Å². The standard InChI is InChI=1S/C17H24O2/c18-16(13-6-2-1-3-7-13)12-14-10-11-19-17-9-5-4-8-15(14)17/h4-5,8-9,13-14,16,18H,1-3,6-7,10-12H2. The van der Waals surface area contributed by atoms with Crippen LogP contribution in [0.3, 0.4) is 0 Å². The lowest BCUT2D eigenvalue weighted by molar-refractivity contribution is 0.0661. The molecule has 1 saturated carbocycles. The number of aliphatic hydroxyl groups is 1. The summed E-state index contributed by atoms with van der Waals surface area (Å²) in [5, 5.41) is 10.5. The fourth-order valence-corrected chi connectivity index (χ4v) is 3.66. The van der Waals surface area contributed by atoms with Gasteiger partial charge in [-0.2, -0.15) is 0 Å². The SMILES string of the molecule is OC(CC1CCOc2ccccc21)C1CCCCC1. The molecule has 1 aliphatic heterocycles. The summed E-state index contributed by atoms with van der Waals surface area (Å²) in [6, 6.07) is 8.31. The van der Waals surface area contributed by atoms with Crippen LogP contribution in [0.2, 0.25) is 0 Å². The highest BCUT2D eigenvalue weighted by Crippen LogP contribution is 2.38. The maximum atomic E-state index is 10.5. The Labute approximate surface area is 115 Å². The summed E-state index contributed by atoms with van der Waals surface area (Å²) in [6.07, 6.45) is 8.20. The Bertz CT molecular complexity index is 409. The first-order valence-electron chi connectivity index (χ1n) is 7.74. The predicted octanol–water partition coefficient (Wildman–Crippen LogP) is 3.88. The zero-order valence-corrected chi connectivity index (χ0v) is 11.6. The van der Waals surface area contributed by atoms with Gasteiger partial charge >= 0.3 is 0 Å². The number of rotatable bonds is 3. The lowest BCUT2D eigenvalue weighted by Crippen LogP contribution is -2.26. The topological polar surface area (TPSA) is 29.5 Å². The van der Waals surface area contributed by atoms with Crippen molar-refractivity contribution < 1.29 is 9.84 Å². The van der Waals surface area contributed by atoms with E-state index in [1.807, 2.05) is 6.07 Å². The van der Waals surface area contributed by atoms with E-state index >= 15 is 0 Å². The fraction of sp³-hybridized carbons (Fsp3) is 0.647. The molecule has 1 aromatic rings. The molecule has 0 aromatic heterocycles. The van der Waals surface area contributed by atoms with Gasteiger partial charge in [0, 0.05) is 0 Å². The van der Waals surface area contributed by atoms with Gasteiger partial charge in [0.1, 0.15) is 5.75 Å². The van der Waals surface area contributed by atoms with Crippen LogP contribution in [-0.2, 0) is 0 Å². The number of hydrogen-bond acceptors (Lipinski definition) is 2. The Hall–Kier alpha value is -1.02. The van der Waals surface area contributed by atoms with Gasteiger partial charge in [0.05, 0.1) is 12.7 Å². The molecule has 2 atom stereocenters. The van der Waals surface area contributed by atoms with E-state index in [1.165, 1.54) is 37.7 Å². The van der Waals surface area contributed by atoms with Gasteiger partial charge in [-0.25, -0.2) is 0 Å². The van der Waals surface area contributed by atoms with Crippen LogP contribution in [0.4, 0.5) is 0 Å². The van der Waals surface area contributed by atoms with E-state index in [0.29, 0.717) is 11.8 Å². The minimum absolute atomic E-state index is 0.128. The lowest BCUT2D eigenvalue weighted by Gasteiger charge is -2.32. The number of ether oxygens (including phenoxy) is 1. The highest BCUT2D eigenvalue weighted by molar-refractivity contribution is 5.37. The molecular weight excluding hydrogens is 236 g/mol. The predicted molar refractivity (Wildman–Crippen MR) is 76.5 cm³/mol. The van der Waals surface area contributed by atoms with Gasteiger partial charge in [-0.1, -0.05) is 37.5 Å². The second-order valence-corrected chi connectivity index (χ2v) is 6.07. The zero-order valence-electron chi connectivity index (χ0n) is 11.6. The van der Waals surface area contributed by atoms with Crippen LogP contribution in [0.1, 0.15) is 56.4 Å². The third-order valence-electron chi connectivity index (χ3n) is 4.80. The monoisotopic (exact) mass is 260 g/mol. The molecule has 1 fully saturated rings. The molecule has 1 aliphatic carbocycles. The third-order valence-corrected chi connectivity index (χ3v) is 4.80. The van der Waals surface area contributed by atoms with Crippen LogP contribution >= 0.6 is 0 Å². The molecular formula is C17H24O2. The quantitative estimate of drug-likeness (QED) is 0.893. The number of benzene rings is 1. The zero-order chi connectivity index (χ0) is 13.1. The van der Waals surface area contributed by atoms with Crippen LogP contribution < -0.4 is 4.74 Å². The largest absolute Gasteiger partial charge is 0.493 e. The van der Waals surface area contributed by atoms with Gasteiger partial charge in [-0.05, 0) is 49.1 Å². The highest BCUT2D eigenvalue weighted by Gasteiger charge is 2.28. The maximum Gasteiger partial charge on any atom is 0.122 e. The van der Waals surface area contributed by atoms with E-state index in [1.54, 1.807) is 0 Å². The van der Waals surface area contributed by atoms with Gasteiger partial charge in [-0.15, -0.1) is 0 Å². The van der Waals surface area contributed by atoms with Crippen LogP contribution in [0, 0.1) is 5.92 Å². The summed E-state index contributed by atoms with van der Waals surface area (Å²) < 4.78 is 5.70. The number of hydrogen-bond donors (Lipinski definition) is 1. The number of aliphatic hydroxyl groups excluding tert-OH is 1. The lowest BCUT2D eigenvalue weighted by atomic mass is 9.79. The van der Waals surface area contributed by atoms with E-state index in [9.17, 15) is 5.11 Å². The molecule has 0 spiro atoms. The summed E-state index contributed by atoms with van der Waals surface area (Å²) in [5.41, 5.74) is 1.30. The van der Waals surface area contributed by atoms with Crippen LogP contribution in [0.25, 0.3) is 0 Å². The fourth-order valence-electron chi connectivity index (χ4n) is 3.66. The molecule has 104 valence electrons. The molecule has 1 N–H and O–H groups in total. The average molecular weight is 260 g/mol. The van der Waals surface area contributed by atoms with Crippen molar-refractivity contribution in [3.8, 4) is 5.75 Å². The van der Waals surface area contributed by atoms with Crippen molar-refractivity contribution in [3.05, 3.63) is 29.8 Å². The maximum absolute atomic E-state index is 10.5. The summed E-state index contributed by atoms with van der Waals surface area (Å²) in [7, 11) is 0. The Balaban J connectivity index is 1.66. The van der Waals surface area contributed by atoms with E-state index in [4.69, 9.17) is 4.74 Å². The van der Waals surface area contributed by atoms with Crippen molar-refractivity contribution in [2.45, 2.75) is 57.0 Å². The molecule has 1 heterocycles. The second-order valence-electron chi connectivity index (χ2n) is 6.07. The van der Waals surface area contributed by atoms with Gasteiger partial charge in [0.25, 0.3) is 0 Å². The Morgan fingerprint density at radius 2 is 1.89 bits per heavy atom. The van der Waals surface area contributed by atoms with Crippen LogP contribution in [0.15, 0.2) is 24.3 Å².